The van der Waals surface area contributed by atoms with Gasteiger partial charge in [-0.1, -0.05) is 0 Å². The number of benzene rings is 1. The van der Waals surface area contributed by atoms with Crippen LogP contribution in [0, 0.1) is 5.82 Å². The zero-order valence-corrected chi connectivity index (χ0v) is 17.1. The van der Waals surface area contributed by atoms with Gasteiger partial charge >= 0.3 is 0 Å². The minimum Gasteiger partial charge on any atom is -0.341 e. The van der Waals surface area contributed by atoms with Crippen molar-refractivity contribution < 1.29 is 4.39 Å². The summed E-state index contributed by atoms with van der Waals surface area (Å²) in [6.45, 7) is 4.07. The van der Waals surface area contributed by atoms with E-state index in [9.17, 15) is 4.39 Å². The second-order valence-corrected chi connectivity index (χ2v) is 8.73. The third kappa shape index (κ3) is 3.89. The minimum atomic E-state index is -0.234. The van der Waals surface area contributed by atoms with Crippen molar-refractivity contribution in [1.29, 1.82) is 0 Å². The van der Waals surface area contributed by atoms with E-state index in [4.69, 9.17) is 9.97 Å². The molecule has 0 bridgehead atoms. The Kier molecular flexibility index (Phi) is 5.24. The number of rotatable bonds is 4. The Labute approximate surface area is 174 Å². The molecule has 0 aliphatic carbocycles. The highest BCUT2D eigenvalue weighted by Gasteiger charge is 2.24. The van der Waals surface area contributed by atoms with E-state index in [2.05, 4.69) is 15.2 Å². The van der Waals surface area contributed by atoms with Crippen molar-refractivity contribution >= 4 is 17.3 Å². The normalized spacial score (nSPS) is 17.8. The fraction of sp³-hybridized carbons (Fsp3) is 0.409. The number of hydrogen-bond acceptors (Lipinski definition) is 6. The van der Waals surface area contributed by atoms with Crippen molar-refractivity contribution in [3.05, 3.63) is 47.4 Å². The summed E-state index contributed by atoms with van der Waals surface area (Å²) in [7, 11) is 0. The molecule has 0 amide bonds. The van der Waals surface area contributed by atoms with Crippen molar-refractivity contribution in [2.45, 2.75) is 31.6 Å². The van der Waals surface area contributed by atoms with Crippen LogP contribution in [-0.4, -0.2) is 41.1 Å². The Bertz CT molecular complexity index is 975. The van der Waals surface area contributed by atoms with Gasteiger partial charge in [-0.15, -0.1) is 11.3 Å². The molecule has 150 valence electrons. The van der Waals surface area contributed by atoms with Crippen LogP contribution in [0.1, 0.15) is 36.6 Å². The SMILES string of the molecule is Fc1ccc(-c2nc(C3CCNCC3)sc2-c2ccnc(N3CCCC3)n2)cc1. The maximum Gasteiger partial charge on any atom is 0.225 e. The van der Waals surface area contributed by atoms with Crippen molar-refractivity contribution in [2.75, 3.05) is 31.1 Å². The molecule has 5 rings (SSSR count). The lowest BCUT2D eigenvalue weighted by Crippen LogP contribution is -2.26. The van der Waals surface area contributed by atoms with Gasteiger partial charge in [0.25, 0.3) is 0 Å². The first-order valence-corrected chi connectivity index (χ1v) is 11.2. The molecule has 2 saturated heterocycles. The van der Waals surface area contributed by atoms with Crippen LogP contribution in [0.15, 0.2) is 36.5 Å². The summed E-state index contributed by atoms with van der Waals surface area (Å²) < 4.78 is 13.5. The molecule has 0 saturated carbocycles. The maximum absolute atomic E-state index is 13.5. The molecule has 0 unspecified atom stereocenters. The van der Waals surface area contributed by atoms with Crippen LogP contribution in [0.4, 0.5) is 10.3 Å². The fourth-order valence-corrected chi connectivity index (χ4v) is 5.33. The van der Waals surface area contributed by atoms with E-state index in [-0.39, 0.29) is 5.82 Å². The van der Waals surface area contributed by atoms with Crippen molar-refractivity contribution in [3.8, 4) is 21.8 Å². The summed E-state index contributed by atoms with van der Waals surface area (Å²) in [5.41, 5.74) is 2.73. The van der Waals surface area contributed by atoms with E-state index >= 15 is 0 Å². The monoisotopic (exact) mass is 409 g/mol. The zero-order valence-electron chi connectivity index (χ0n) is 16.3. The highest BCUT2D eigenvalue weighted by Crippen LogP contribution is 2.40. The lowest BCUT2D eigenvalue weighted by Gasteiger charge is -2.20. The van der Waals surface area contributed by atoms with Crippen LogP contribution in [0.25, 0.3) is 21.8 Å². The predicted octanol–water partition coefficient (Wildman–Crippen LogP) is 4.47. The number of nitrogens with zero attached hydrogens (tertiary/aromatic N) is 4. The van der Waals surface area contributed by atoms with Crippen LogP contribution >= 0.6 is 11.3 Å². The van der Waals surface area contributed by atoms with Crippen LogP contribution in [-0.2, 0) is 0 Å². The Morgan fingerprint density at radius 3 is 2.52 bits per heavy atom. The molecular formula is C22H24FN5S. The first kappa shape index (κ1) is 18.6. The van der Waals surface area contributed by atoms with Crippen molar-refractivity contribution in [2.24, 2.45) is 0 Å². The fourth-order valence-electron chi connectivity index (χ4n) is 4.10. The van der Waals surface area contributed by atoms with Gasteiger partial charge in [0, 0.05) is 30.8 Å². The Morgan fingerprint density at radius 2 is 1.76 bits per heavy atom. The topological polar surface area (TPSA) is 53.9 Å². The molecule has 0 atom stereocenters. The van der Waals surface area contributed by atoms with Crippen LogP contribution in [0.3, 0.4) is 0 Å². The van der Waals surface area contributed by atoms with Gasteiger partial charge in [0.2, 0.25) is 5.95 Å². The molecule has 2 fully saturated rings. The summed E-state index contributed by atoms with van der Waals surface area (Å²) in [5, 5.41) is 4.58. The maximum atomic E-state index is 13.5. The first-order valence-electron chi connectivity index (χ1n) is 10.3. The van der Waals surface area contributed by atoms with E-state index < -0.39 is 0 Å². The summed E-state index contributed by atoms with van der Waals surface area (Å²) in [4.78, 5) is 17.7. The molecule has 3 aromatic rings. The Balaban J connectivity index is 1.57. The largest absolute Gasteiger partial charge is 0.341 e. The number of halogens is 1. The summed E-state index contributed by atoms with van der Waals surface area (Å²) in [6.07, 6.45) is 6.41. The standard InChI is InChI=1S/C22H24FN5S/c23-17-5-3-15(4-6-17)19-20(29-21(27-19)16-7-10-24-11-8-16)18-9-12-25-22(26-18)28-13-1-2-14-28/h3-6,9,12,16,24H,1-2,7-8,10-11,13-14H2. The van der Waals surface area contributed by atoms with E-state index in [1.807, 2.05) is 24.4 Å². The Hall–Kier alpha value is -2.38. The predicted molar refractivity (Wildman–Crippen MR) is 115 cm³/mol. The van der Waals surface area contributed by atoms with Gasteiger partial charge in [-0.3, -0.25) is 0 Å². The average Bonchev–Trinajstić information content (AvgIpc) is 3.46. The quantitative estimate of drug-likeness (QED) is 0.689. The molecule has 7 heteroatoms. The third-order valence-electron chi connectivity index (χ3n) is 5.71. The molecule has 1 N–H and O–H groups in total. The van der Waals surface area contributed by atoms with Gasteiger partial charge in [0.15, 0.2) is 0 Å². The van der Waals surface area contributed by atoms with Crippen molar-refractivity contribution in [1.82, 2.24) is 20.3 Å². The molecule has 29 heavy (non-hydrogen) atoms. The molecular weight excluding hydrogens is 385 g/mol. The number of nitrogens with one attached hydrogen (secondary N) is 1. The summed E-state index contributed by atoms with van der Waals surface area (Å²) in [6, 6.07) is 8.58. The summed E-state index contributed by atoms with van der Waals surface area (Å²) in [5.74, 6) is 1.03. The number of thiazole rings is 1. The molecule has 2 aromatic heterocycles. The molecule has 0 spiro atoms. The van der Waals surface area contributed by atoms with Gasteiger partial charge in [-0.2, -0.15) is 0 Å². The second kappa shape index (κ2) is 8.16. The first-order chi connectivity index (χ1) is 14.3. The van der Waals surface area contributed by atoms with Gasteiger partial charge in [0.1, 0.15) is 5.82 Å². The number of aromatic nitrogens is 3. The van der Waals surface area contributed by atoms with E-state index in [0.717, 1.165) is 71.8 Å². The number of hydrogen-bond donors (Lipinski definition) is 1. The van der Waals surface area contributed by atoms with Crippen LogP contribution in [0.5, 0.6) is 0 Å². The molecule has 2 aliphatic rings. The molecule has 5 nitrogen and oxygen atoms in total. The van der Waals surface area contributed by atoms with E-state index in [1.54, 1.807) is 11.3 Å². The van der Waals surface area contributed by atoms with Gasteiger partial charge < -0.3 is 10.2 Å². The third-order valence-corrected chi connectivity index (χ3v) is 6.95. The highest BCUT2D eigenvalue weighted by atomic mass is 32.1. The van der Waals surface area contributed by atoms with Crippen molar-refractivity contribution in [3.63, 3.8) is 0 Å². The lowest BCUT2D eigenvalue weighted by atomic mass is 9.99. The zero-order chi connectivity index (χ0) is 19.6. The minimum absolute atomic E-state index is 0.234. The smallest absolute Gasteiger partial charge is 0.225 e. The van der Waals surface area contributed by atoms with Crippen LogP contribution in [0.2, 0.25) is 0 Å². The highest BCUT2D eigenvalue weighted by molar-refractivity contribution is 7.15. The molecule has 1 aromatic carbocycles. The van der Waals surface area contributed by atoms with Gasteiger partial charge in [0.05, 0.1) is 21.3 Å². The number of anilines is 1. The Morgan fingerprint density at radius 1 is 1.00 bits per heavy atom. The second-order valence-electron chi connectivity index (χ2n) is 7.70. The average molecular weight is 410 g/mol. The lowest BCUT2D eigenvalue weighted by molar-refractivity contribution is 0.459. The van der Waals surface area contributed by atoms with Gasteiger partial charge in [-0.05, 0) is 69.1 Å². The van der Waals surface area contributed by atoms with Crippen LogP contribution < -0.4 is 10.2 Å². The summed E-state index contributed by atoms with van der Waals surface area (Å²) >= 11 is 1.73. The molecule has 2 aliphatic heterocycles. The number of piperidine rings is 1. The van der Waals surface area contributed by atoms with E-state index in [1.165, 1.54) is 25.0 Å². The van der Waals surface area contributed by atoms with Gasteiger partial charge in [-0.25, -0.2) is 19.3 Å². The molecule has 4 heterocycles. The molecule has 0 radical (unpaired) electrons. The van der Waals surface area contributed by atoms with E-state index in [0.29, 0.717) is 5.92 Å².